The summed E-state index contributed by atoms with van der Waals surface area (Å²) in [6.45, 7) is 0. The van der Waals surface area contributed by atoms with Crippen molar-refractivity contribution in [2.24, 2.45) is 0 Å². The van der Waals surface area contributed by atoms with E-state index in [0.29, 0.717) is 0 Å². The molecule has 0 bridgehead atoms. The molecule has 0 saturated heterocycles. The Bertz CT molecular complexity index is 4.00. The van der Waals surface area contributed by atoms with Crippen LogP contribution in [0.15, 0.2) is 0 Å². The van der Waals surface area contributed by atoms with Gasteiger partial charge in [0.1, 0.15) is 0 Å². The van der Waals surface area contributed by atoms with Gasteiger partial charge in [0, 0.05) is 67.7 Å². The number of hydrogen-bond acceptors (Lipinski definition) is 0. The van der Waals surface area contributed by atoms with Crippen molar-refractivity contribution in [1.82, 2.24) is 0 Å². The van der Waals surface area contributed by atoms with E-state index >= 15 is 0 Å². The fourth-order valence-electron chi connectivity index (χ4n) is 0. The van der Waals surface area contributed by atoms with Crippen LogP contribution in [0.1, 0.15) is 0 Å². The van der Waals surface area contributed by atoms with Crippen LogP contribution in [0.3, 0.4) is 0 Å². The van der Waals surface area contributed by atoms with Crippen molar-refractivity contribution >= 4 is 0 Å². The molecule has 4 heavy (non-hydrogen) atoms. The van der Waals surface area contributed by atoms with E-state index < -0.39 is 0 Å². The zero-order valence-corrected chi connectivity index (χ0v) is 5.97. The molecule has 0 aromatic carbocycles. The molecule has 0 aromatic rings. The van der Waals surface area contributed by atoms with Crippen LogP contribution in [-0.2, 0) is 67.7 Å². The van der Waals surface area contributed by atoms with E-state index in [1.165, 1.54) is 0 Å². The van der Waals surface area contributed by atoms with Crippen LogP contribution >= 0.6 is 0 Å². The quantitative estimate of drug-likeness (QED) is 0.505. The van der Waals surface area contributed by atoms with Gasteiger partial charge in [0.05, 0.1) is 0 Å². The number of rotatable bonds is 0. The van der Waals surface area contributed by atoms with Crippen molar-refractivity contribution in [3.05, 3.63) is 0 Å². The molecular weight excluding hydrogens is 221 g/mol. The zero-order chi connectivity index (χ0) is 0. The maximum absolute atomic E-state index is 0. The molecule has 0 aromatic heterocycles. The maximum Gasteiger partial charge on any atom is 0 e. The number of hydrogen-bond donors (Lipinski definition) is 0. The van der Waals surface area contributed by atoms with Gasteiger partial charge < -0.3 is 0 Å². The van der Waals surface area contributed by atoms with E-state index in [1.54, 1.807) is 0 Å². The first-order chi connectivity index (χ1) is 0. The first-order valence-corrected chi connectivity index (χ1v) is 0. The molecule has 0 amide bonds. The molecule has 0 heterocycles. The van der Waals surface area contributed by atoms with Gasteiger partial charge in [0.15, 0.2) is 0 Å². The smallest absolute Gasteiger partial charge is 0 e. The van der Waals surface area contributed by atoms with Crippen LogP contribution in [0.25, 0.3) is 0 Å². The summed E-state index contributed by atoms with van der Waals surface area (Å²) in [7, 11) is 0. The van der Waals surface area contributed by atoms with Crippen molar-refractivity contribution in [3.63, 3.8) is 0 Å². The normalized spacial score (nSPS) is 0. The Kier molecular flexibility index (Phi) is 181. The average Bonchev–Trinajstić information content (AvgIpc) is 0. The van der Waals surface area contributed by atoms with E-state index in [-0.39, 0.29) is 67.7 Å². The largest absolute Gasteiger partial charge is 0 e. The minimum atomic E-state index is 0. The van der Waals surface area contributed by atoms with Crippen LogP contribution in [0.2, 0.25) is 0 Å². The molecule has 0 aliphatic rings. The van der Waals surface area contributed by atoms with E-state index in [0.717, 1.165) is 0 Å². The third-order valence-electron chi connectivity index (χ3n) is 0. The molecule has 0 saturated carbocycles. The van der Waals surface area contributed by atoms with E-state index in [1.807, 2.05) is 0 Å². The second-order valence-electron chi connectivity index (χ2n) is 0. The van der Waals surface area contributed by atoms with Gasteiger partial charge in [0.25, 0.3) is 0 Å². The monoisotopic (exact) mass is 220 g/mol. The molecule has 0 spiro atoms. The summed E-state index contributed by atoms with van der Waals surface area (Å²) in [6, 6.07) is 0. The molecule has 0 atom stereocenters. The Labute approximate surface area is 67.2 Å². The predicted molar refractivity (Wildman–Crippen MR) is 0 cm³/mol. The molecule has 0 fully saturated rings. The Balaban J connectivity index is 0. The minimum absolute atomic E-state index is 0. The second-order valence-corrected chi connectivity index (χ2v) is 0. The van der Waals surface area contributed by atoms with Gasteiger partial charge in [-0.3, -0.25) is 0 Å². The summed E-state index contributed by atoms with van der Waals surface area (Å²) in [6.07, 6.45) is 0. The van der Waals surface area contributed by atoms with Gasteiger partial charge in [-0.2, -0.15) is 0 Å². The molecule has 0 unspecified atom stereocenters. The Morgan fingerprint density at radius 1 is 0.500 bits per heavy atom. The summed E-state index contributed by atoms with van der Waals surface area (Å²) in [5.74, 6) is 0. The van der Waals surface area contributed by atoms with Crippen molar-refractivity contribution in [2.45, 2.75) is 0 Å². The van der Waals surface area contributed by atoms with Crippen molar-refractivity contribution in [1.29, 1.82) is 0 Å². The average molecular weight is 221 g/mol. The molecule has 0 aliphatic heterocycles. The molecule has 0 rings (SSSR count). The van der Waals surface area contributed by atoms with Crippen molar-refractivity contribution in [3.8, 4) is 0 Å². The van der Waals surface area contributed by atoms with Gasteiger partial charge in [0.2, 0.25) is 0 Å². The Morgan fingerprint density at radius 2 is 0.500 bits per heavy atom. The summed E-state index contributed by atoms with van der Waals surface area (Å²) < 4.78 is 0. The summed E-state index contributed by atoms with van der Waals surface area (Å²) in [5, 5.41) is 0. The molecular formula is Cr2Ni2. The van der Waals surface area contributed by atoms with E-state index in [4.69, 9.17) is 0 Å². The minimum Gasteiger partial charge on any atom is 0 e. The third-order valence-corrected chi connectivity index (χ3v) is 0. The topological polar surface area (TPSA) is 0 Å². The standard InChI is InChI=1S/2Cr.2Ni. The van der Waals surface area contributed by atoms with Gasteiger partial charge in [-0.15, -0.1) is 0 Å². The molecule has 0 nitrogen and oxygen atoms in total. The fourth-order valence-corrected chi connectivity index (χ4v) is 0. The summed E-state index contributed by atoms with van der Waals surface area (Å²) >= 11 is 0. The molecule has 4 heteroatoms. The molecule has 0 aliphatic carbocycles. The fraction of sp³-hybridized carbons (Fsp3) is 0. The van der Waals surface area contributed by atoms with Crippen LogP contribution in [0, 0.1) is 0 Å². The molecule has 0 N–H and O–H groups in total. The first kappa shape index (κ1) is 36.7. The second kappa shape index (κ2) is 19.7. The van der Waals surface area contributed by atoms with E-state index in [9.17, 15) is 0 Å². The van der Waals surface area contributed by atoms with Crippen LogP contribution in [-0.4, -0.2) is 0 Å². The van der Waals surface area contributed by atoms with Gasteiger partial charge >= 0.3 is 0 Å². The van der Waals surface area contributed by atoms with Crippen molar-refractivity contribution < 1.29 is 67.7 Å². The zero-order valence-electron chi connectivity index (χ0n) is 1.45. The van der Waals surface area contributed by atoms with Crippen LogP contribution < -0.4 is 0 Å². The van der Waals surface area contributed by atoms with Crippen LogP contribution in [0.5, 0.6) is 0 Å². The summed E-state index contributed by atoms with van der Waals surface area (Å²) in [5.41, 5.74) is 0. The van der Waals surface area contributed by atoms with Crippen molar-refractivity contribution in [2.75, 3.05) is 0 Å². The Morgan fingerprint density at radius 3 is 0.500 bits per heavy atom. The van der Waals surface area contributed by atoms with E-state index in [2.05, 4.69) is 0 Å². The molecule has 0 radical (unpaired) electrons. The van der Waals surface area contributed by atoms with Gasteiger partial charge in [-0.05, 0) is 0 Å². The molecule has 32 valence electrons. The maximum atomic E-state index is 0. The summed E-state index contributed by atoms with van der Waals surface area (Å²) in [4.78, 5) is 0. The van der Waals surface area contributed by atoms with Crippen LogP contribution in [0.4, 0.5) is 0 Å². The SMILES string of the molecule is [Cr].[Cr].[Ni].[Ni]. The Hall–Kier alpha value is 2.05. The van der Waals surface area contributed by atoms with Gasteiger partial charge in [-0.25, -0.2) is 0 Å². The van der Waals surface area contributed by atoms with Gasteiger partial charge in [-0.1, -0.05) is 0 Å². The predicted octanol–water partition coefficient (Wildman–Crippen LogP) is -0.0100. The third kappa shape index (κ3) is 8.96. The first-order valence-electron chi connectivity index (χ1n) is 0.